The highest BCUT2D eigenvalue weighted by molar-refractivity contribution is 7.89. The topological polar surface area (TPSA) is 97.4 Å². The van der Waals surface area contributed by atoms with E-state index in [9.17, 15) is 22.0 Å². The number of carbonyl (C=O) groups is 1. The Bertz CT molecular complexity index is 1010. The van der Waals surface area contributed by atoms with Crippen molar-refractivity contribution in [3.05, 3.63) is 54.2 Å². The van der Waals surface area contributed by atoms with Crippen molar-refractivity contribution in [3.8, 4) is 5.88 Å². The van der Waals surface area contributed by atoms with Crippen LogP contribution >= 0.6 is 11.6 Å². The minimum Gasteiger partial charge on any atom is -0.481 e. The number of amides is 1. The molecular weight excluding hydrogens is 440 g/mol. The molecule has 3 rings (SSSR count). The third-order valence-corrected chi connectivity index (χ3v) is 6.96. The molecule has 0 spiro atoms. The zero-order valence-electron chi connectivity index (χ0n) is 15.9. The van der Waals surface area contributed by atoms with Crippen LogP contribution in [0.1, 0.15) is 18.4 Å². The van der Waals surface area contributed by atoms with Gasteiger partial charge in [0.05, 0.1) is 17.9 Å². The second-order valence-corrected chi connectivity index (χ2v) is 9.15. The molecule has 2 N–H and O–H groups in total. The number of hydrogen-bond donors (Lipinski definition) is 2. The second-order valence-electron chi connectivity index (χ2n) is 6.87. The fourth-order valence-electron chi connectivity index (χ4n) is 3.21. The third kappa shape index (κ3) is 4.71. The molecule has 11 heteroatoms. The van der Waals surface area contributed by atoms with Crippen molar-refractivity contribution in [2.75, 3.05) is 13.7 Å². The highest BCUT2D eigenvalue weighted by Gasteiger charge is 2.52. The molecule has 0 radical (unpaired) electrons. The molecule has 1 unspecified atom stereocenters. The van der Waals surface area contributed by atoms with E-state index in [1.807, 2.05) is 0 Å². The number of methoxy groups -OCH3 is 1. The van der Waals surface area contributed by atoms with Gasteiger partial charge in [0.2, 0.25) is 21.8 Å². The van der Waals surface area contributed by atoms with Crippen LogP contribution in [0, 0.1) is 5.92 Å². The highest BCUT2D eigenvalue weighted by Crippen LogP contribution is 2.43. The SMILES string of the molecule is COc1ccc(C(Cl)(NS(=O)(=O)c2ccccc2)[C@@H]2CC(F)(F)CCNC2=O)cn1. The predicted octanol–water partition coefficient (Wildman–Crippen LogP) is 2.62. The quantitative estimate of drug-likeness (QED) is 0.511. The zero-order valence-corrected chi connectivity index (χ0v) is 17.5. The first-order chi connectivity index (χ1) is 14.1. The molecule has 30 heavy (non-hydrogen) atoms. The molecule has 0 aliphatic carbocycles. The Morgan fingerprint density at radius 2 is 1.97 bits per heavy atom. The summed E-state index contributed by atoms with van der Waals surface area (Å²) in [5.41, 5.74) is 0.0299. The first kappa shape index (κ1) is 22.4. The van der Waals surface area contributed by atoms with Gasteiger partial charge in [-0.05, 0) is 18.2 Å². The summed E-state index contributed by atoms with van der Waals surface area (Å²) < 4.78 is 61.9. The lowest BCUT2D eigenvalue weighted by Gasteiger charge is -2.35. The first-order valence-electron chi connectivity index (χ1n) is 9.01. The molecule has 1 amide bonds. The number of nitrogens with zero attached hydrogens (tertiary/aromatic N) is 1. The highest BCUT2D eigenvalue weighted by atomic mass is 35.5. The molecular formula is C19H20ClF2N3O4S. The lowest BCUT2D eigenvalue weighted by molar-refractivity contribution is -0.128. The van der Waals surface area contributed by atoms with E-state index in [0.29, 0.717) is 0 Å². The number of alkyl halides is 3. The summed E-state index contributed by atoms with van der Waals surface area (Å²) in [5, 5.41) is 2.39. The number of nitrogens with one attached hydrogen (secondary N) is 2. The van der Waals surface area contributed by atoms with Crippen LogP contribution in [0.4, 0.5) is 8.78 Å². The van der Waals surface area contributed by atoms with E-state index in [1.165, 1.54) is 49.7 Å². The molecule has 2 aromatic rings. The third-order valence-electron chi connectivity index (χ3n) is 4.79. The van der Waals surface area contributed by atoms with Gasteiger partial charge in [-0.15, -0.1) is 0 Å². The molecule has 162 valence electrons. The Morgan fingerprint density at radius 1 is 1.27 bits per heavy atom. The molecule has 7 nitrogen and oxygen atoms in total. The molecule has 1 saturated heterocycles. The maximum atomic E-state index is 14.3. The number of halogens is 3. The van der Waals surface area contributed by atoms with Crippen molar-refractivity contribution in [1.82, 2.24) is 15.0 Å². The van der Waals surface area contributed by atoms with Crippen molar-refractivity contribution in [2.45, 2.75) is 28.7 Å². The van der Waals surface area contributed by atoms with E-state index in [-0.39, 0.29) is 22.9 Å². The van der Waals surface area contributed by atoms with E-state index in [2.05, 4.69) is 15.0 Å². The predicted molar refractivity (Wildman–Crippen MR) is 106 cm³/mol. The number of hydrogen-bond acceptors (Lipinski definition) is 5. The van der Waals surface area contributed by atoms with Crippen LogP contribution in [-0.4, -0.2) is 38.9 Å². The Balaban J connectivity index is 2.11. The van der Waals surface area contributed by atoms with E-state index in [4.69, 9.17) is 16.3 Å². The van der Waals surface area contributed by atoms with Crippen LogP contribution in [-0.2, 0) is 19.8 Å². The van der Waals surface area contributed by atoms with Gasteiger partial charge in [0.1, 0.15) is 5.00 Å². The van der Waals surface area contributed by atoms with Crippen LogP contribution in [0.2, 0.25) is 0 Å². The van der Waals surface area contributed by atoms with E-state index < -0.39 is 45.6 Å². The average Bonchev–Trinajstić information content (AvgIpc) is 2.86. The zero-order chi connectivity index (χ0) is 22.0. The fraction of sp³-hybridized carbons (Fsp3) is 0.368. The molecule has 2 atom stereocenters. The molecule has 0 saturated carbocycles. The largest absolute Gasteiger partial charge is 0.481 e. The van der Waals surface area contributed by atoms with Gasteiger partial charge in [0, 0.05) is 37.2 Å². The van der Waals surface area contributed by atoms with Gasteiger partial charge in [-0.3, -0.25) is 4.79 Å². The summed E-state index contributed by atoms with van der Waals surface area (Å²) >= 11 is 6.70. The maximum Gasteiger partial charge on any atom is 0.250 e. The normalized spacial score (nSPS) is 21.2. The van der Waals surface area contributed by atoms with Crippen molar-refractivity contribution in [1.29, 1.82) is 0 Å². The molecule has 1 aliphatic heterocycles. The van der Waals surface area contributed by atoms with Crippen LogP contribution in [0.5, 0.6) is 5.88 Å². The van der Waals surface area contributed by atoms with Gasteiger partial charge in [-0.1, -0.05) is 29.8 Å². The van der Waals surface area contributed by atoms with Crippen LogP contribution in [0.3, 0.4) is 0 Å². The van der Waals surface area contributed by atoms with Gasteiger partial charge in [0.25, 0.3) is 5.92 Å². The summed E-state index contributed by atoms with van der Waals surface area (Å²) in [6, 6.07) is 10.1. The Hall–Kier alpha value is -2.30. The van der Waals surface area contributed by atoms with Crippen LogP contribution in [0.25, 0.3) is 0 Å². The molecule has 1 aliphatic rings. The summed E-state index contributed by atoms with van der Waals surface area (Å²) in [5.74, 6) is -5.40. The smallest absolute Gasteiger partial charge is 0.250 e. The minimum atomic E-state index is -4.27. The van der Waals surface area contributed by atoms with E-state index >= 15 is 0 Å². The summed E-state index contributed by atoms with van der Waals surface area (Å²) in [6.45, 7) is -0.248. The maximum absolute atomic E-state index is 14.3. The lowest BCUT2D eigenvalue weighted by atomic mass is 9.88. The number of aromatic nitrogens is 1. The molecule has 0 bridgehead atoms. The van der Waals surface area contributed by atoms with Gasteiger partial charge in [0.15, 0.2) is 0 Å². The number of pyridine rings is 1. The molecule has 1 aromatic carbocycles. The molecule has 1 aromatic heterocycles. The van der Waals surface area contributed by atoms with Crippen molar-refractivity contribution in [3.63, 3.8) is 0 Å². The number of ether oxygens (including phenoxy) is 1. The standard InChI is InChI=1S/C19H20ClF2N3O4S/c1-29-16-8-7-13(12-24-16)19(20,15-11-18(21,22)9-10-23-17(15)26)25-30(27,28)14-5-3-2-4-6-14/h2-8,12,15,25H,9-11H2,1H3,(H,23,26)/t15-,19?/m1/s1. The van der Waals surface area contributed by atoms with Gasteiger partial charge in [-0.25, -0.2) is 22.2 Å². The average molecular weight is 460 g/mol. The second kappa shape index (κ2) is 8.44. The van der Waals surface area contributed by atoms with E-state index in [1.54, 1.807) is 6.07 Å². The summed E-state index contributed by atoms with van der Waals surface area (Å²) in [6.07, 6.45) is -0.324. The fourth-order valence-corrected chi connectivity index (χ4v) is 5.09. The van der Waals surface area contributed by atoms with Gasteiger partial charge < -0.3 is 10.1 Å². The number of rotatable bonds is 6. The monoisotopic (exact) mass is 459 g/mol. The van der Waals surface area contributed by atoms with Gasteiger partial charge >= 0.3 is 0 Å². The van der Waals surface area contributed by atoms with Crippen molar-refractivity contribution < 1.29 is 26.7 Å². The summed E-state index contributed by atoms with van der Waals surface area (Å²) in [4.78, 5) is 14.3. The number of carbonyl (C=O) groups excluding carboxylic acids is 1. The minimum absolute atomic E-state index is 0.0299. The van der Waals surface area contributed by atoms with Crippen LogP contribution < -0.4 is 14.8 Å². The number of benzene rings is 1. The molecule has 2 heterocycles. The van der Waals surface area contributed by atoms with Gasteiger partial charge in [-0.2, -0.15) is 4.72 Å². The Labute approximate surface area is 177 Å². The first-order valence-corrected chi connectivity index (χ1v) is 10.9. The van der Waals surface area contributed by atoms with Crippen molar-refractivity contribution in [2.24, 2.45) is 5.92 Å². The lowest BCUT2D eigenvalue weighted by Crippen LogP contribution is -2.52. The Kier molecular flexibility index (Phi) is 6.30. The summed E-state index contributed by atoms with van der Waals surface area (Å²) in [7, 11) is -2.89. The molecule has 1 fully saturated rings. The number of sulfonamides is 1. The van der Waals surface area contributed by atoms with Crippen LogP contribution in [0.15, 0.2) is 53.6 Å². The van der Waals surface area contributed by atoms with Crippen molar-refractivity contribution >= 4 is 27.5 Å². The Morgan fingerprint density at radius 3 is 2.57 bits per heavy atom. The van der Waals surface area contributed by atoms with E-state index in [0.717, 1.165) is 0 Å².